The molecule has 158 valence electrons. The highest BCUT2D eigenvalue weighted by Gasteiger charge is 2.15. The van der Waals surface area contributed by atoms with Crippen LogP contribution in [0.25, 0.3) is 10.9 Å². The van der Waals surface area contributed by atoms with Crippen LogP contribution in [0.1, 0.15) is 32.4 Å². The van der Waals surface area contributed by atoms with E-state index in [1.165, 1.54) is 7.11 Å². The summed E-state index contributed by atoms with van der Waals surface area (Å²) in [5, 5.41) is 7.67. The van der Waals surface area contributed by atoms with Crippen molar-refractivity contribution in [3.05, 3.63) is 77.6 Å². The Balaban J connectivity index is 1.27. The van der Waals surface area contributed by atoms with E-state index in [2.05, 4.69) is 25.2 Å². The molecule has 0 atom stereocenters. The summed E-state index contributed by atoms with van der Waals surface area (Å²) >= 11 is 0. The summed E-state index contributed by atoms with van der Waals surface area (Å²) in [4.78, 5) is 31.0. The molecule has 2 heterocycles. The summed E-state index contributed by atoms with van der Waals surface area (Å²) in [6.07, 6.45) is 2.61. The number of carbonyl (C=O) groups is 2. The molecule has 4 rings (SSSR count). The maximum absolute atomic E-state index is 12.3. The molecule has 2 N–H and O–H groups in total. The minimum Gasteiger partial charge on any atom is -0.485 e. The van der Waals surface area contributed by atoms with Gasteiger partial charge >= 0.3 is 17.8 Å². The van der Waals surface area contributed by atoms with Gasteiger partial charge in [0, 0.05) is 23.6 Å². The summed E-state index contributed by atoms with van der Waals surface area (Å²) in [7, 11) is 1.32. The number of benzene rings is 2. The van der Waals surface area contributed by atoms with Crippen molar-refractivity contribution >= 4 is 22.8 Å². The van der Waals surface area contributed by atoms with Crippen LogP contribution in [0.15, 0.2) is 59.3 Å². The monoisotopic (exact) mass is 420 g/mol. The van der Waals surface area contributed by atoms with Gasteiger partial charge in [0.15, 0.2) is 6.61 Å². The number of para-hydroxylation sites is 1. The van der Waals surface area contributed by atoms with Crippen molar-refractivity contribution in [2.45, 2.75) is 13.0 Å². The van der Waals surface area contributed by atoms with Crippen LogP contribution < -0.4 is 10.1 Å². The summed E-state index contributed by atoms with van der Waals surface area (Å²) in [6, 6.07) is 14.4. The fourth-order valence-electron chi connectivity index (χ4n) is 3.08. The van der Waals surface area contributed by atoms with Gasteiger partial charge in [0.2, 0.25) is 5.82 Å². The first-order valence-corrected chi connectivity index (χ1v) is 9.61. The second kappa shape index (κ2) is 9.12. The van der Waals surface area contributed by atoms with Crippen LogP contribution in [0.4, 0.5) is 0 Å². The Hall–Kier alpha value is -4.14. The first-order valence-electron chi connectivity index (χ1n) is 9.61. The Bertz CT molecular complexity index is 1200. The Morgan fingerprint density at radius 1 is 1.13 bits per heavy atom. The van der Waals surface area contributed by atoms with E-state index in [0.717, 1.165) is 16.5 Å². The zero-order chi connectivity index (χ0) is 21.6. The van der Waals surface area contributed by atoms with E-state index in [1.807, 2.05) is 30.5 Å². The average Bonchev–Trinajstić information content (AvgIpc) is 3.45. The fourth-order valence-corrected chi connectivity index (χ4v) is 3.08. The SMILES string of the molecule is COC(=O)c1ccc(OCc2noc(C(=O)NCCc3c[nH]c4ccccc34)n2)cc1. The number of hydrogen-bond acceptors (Lipinski definition) is 7. The smallest absolute Gasteiger partial charge is 0.337 e. The molecule has 4 aromatic rings. The number of nitrogens with zero attached hydrogens (tertiary/aromatic N) is 2. The lowest BCUT2D eigenvalue weighted by molar-refractivity contribution is 0.0600. The predicted molar refractivity (Wildman–Crippen MR) is 111 cm³/mol. The molecule has 2 aromatic heterocycles. The minimum atomic E-state index is -0.443. The molecule has 0 spiro atoms. The zero-order valence-corrected chi connectivity index (χ0v) is 16.8. The molecule has 9 nitrogen and oxygen atoms in total. The van der Waals surface area contributed by atoms with E-state index in [0.29, 0.717) is 24.3 Å². The van der Waals surface area contributed by atoms with Crippen molar-refractivity contribution in [2.75, 3.05) is 13.7 Å². The quantitative estimate of drug-likeness (QED) is 0.421. The molecule has 0 aliphatic carbocycles. The lowest BCUT2D eigenvalue weighted by atomic mass is 10.1. The summed E-state index contributed by atoms with van der Waals surface area (Å²) in [6.45, 7) is 0.450. The molecule has 0 bridgehead atoms. The van der Waals surface area contributed by atoms with Crippen molar-refractivity contribution in [3.63, 3.8) is 0 Å². The number of aromatic nitrogens is 3. The highest BCUT2D eigenvalue weighted by atomic mass is 16.5. The molecule has 0 aliphatic rings. The molecule has 0 saturated carbocycles. The van der Waals surface area contributed by atoms with E-state index >= 15 is 0 Å². The third kappa shape index (κ3) is 4.72. The summed E-state index contributed by atoms with van der Waals surface area (Å²) < 4.78 is 15.2. The second-order valence-corrected chi connectivity index (χ2v) is 6.69. The fraction of sp³-hybridized carbons (Fsp3) is 0.182. The van der Waals surface area contributed by atoms with E-state index in [1.54, 1.807) is 24.3 Å². The van der Waals surface area contributed by atoms with E-state index < -0.39 is 11.9 Å². The van der Waals surface area contributed by atoms with Gasteiger partial charge in [-0.15, -0.1) is 0 Å². The number of ether oxygens (including phenoxy) is 2. The normalized spacial score (nSPS) is 10.7. The maximum Gasteiger partial charge on any atom is 0.337 e. The average molecular weight is 420 g/mol. The first-order chi connectivity index (χ1) is 15.1. The highest BCUT2D eigenvalue weighted by molar-refractivity contribution is 5.90. The number of fused-ring (bicyclic) bond motifs is 1. The Kier molecular flexibility index (Phi) is 5.93. The summed E-state index contributed by atoms with van der Waals surface area (Å²) in [5.74, 6) is -0.245. The number of rotatable bonds is 8. The highest BCUT2D eigenvalue weighted by Crippen LogP contribution is 2.18. The number of methoxy groups -OCH3 is 1. The van der Waals surface area contributed by atoms with Crippen LogP contribution in [-0.2, 0) is 17.8 Å². The predicted octanol–water partition coefficient (Wildman–Crippen LogP) is 2.89. The van der Waals surface area contributed by atoms with Crippen LogP contribution in [0, 0.1) is 0 Å². The second-order valence-electron chi connectivity index (χ2n) is 6.69. The lowest BCUT2D eigenvalue weighted by Gasteiger charge is -2.04. The Labute approximate surface area is 177 Å². The third-order valence-corrected chi connectivity index (χ3v) is 4.66. The lowest BCUT2D eigenvalue weighted by Crippen LogP contribution is -2.26. The van der Waals surface area contributed by atoms with E-state index in [4.69, 9.17) is 9.26 Å². The van der Waals surface area contributed by atoms with Crippen LogP contribution in [0.2, 0.25) is 0 Å². The maximum atomic E-state index is 12.3. The van der Waals surface area contributed by atoms with Crippen LogP contribution in [-0.4, -0.2) is 40.7 Å². The van der Waals surface area contributed by atoms with Gasteiger partial charge in [0.1, 0.15) is 5.75 Å². The molecule has 0 saturated heterocycles. The van der Waals surface area contributed by atoms with Gasteiger partial charge in [-0.2, -0.15) is 4.98 Å². The number of esters is 1. The standard InChI is InChI=1S/C22H20N4O5/c1-29-22(28)14-6-8-16(9-7-14)30-13-19-25-21(31-26-19)20(27)23-11-10-15-12-24-18-5-3-2-4-17(15)18/h2-9,12,24H,10-11,13H2,1H3,(H,23,27). The van der Waals surface area contributed by atoms with Crippen molar-refractivity contribution in [3.8, 4) is 5.75 Å². The van der Waals surface area contributed by atoms with Crippen LogP contribution in [0.5, 0.6) is 5.75 Å². The molecule has 0 unspecified atom stereocenters. The molecule has 9 heteroatoms. The Morgan fingerprint density at radius 3 is 2.74 bits per heavy atom. The number of hydrogen-bond donors (Lipinski definition) is 2. The Morgan fingerprint density at radius 2 is 1.94 bits per heavy atom. The number of aromatic amines is 1. The van der Waals surface area contributed by atoms with Gasteiger partial charge in [0.25, 0.3) is 0 Å². The molecular formula is C22H20N4O5. The van der Waals surface area contributed by atoms with E-state index in [-0.39, 0.29) is 18.3 Å². The first kappa shape index (κ1) is 20.1. The zero-order valence-electron chi connectivity index (χ0n) is 16.8. The van der Waals surface area contributed by atoms with Gasteiger partial charge < -0.3 is 24.3 Å². The third-order valence-electron chi connectivity index (χ3n) is 4.66. The van der Waals surface area contributed by atoms with Crippen molar-refractivity contribution in [2.24, 2.45) is 0 Å². The number of nitrogens with one attached hydrogen (secondary N) is 2. The van der Waals surface area contributed by atoms with Gasteiger partial charge in [-0.05, 0) is 42.3 Å². The molecule has 0 radical (unpaired) electrons. The van der Waals surface area contributed by atoms with Gasteiger partial charge in [0.05, 0.1) is 12.7 Å². The molecule has 31 heavy (non-hydrogen) atoms. The molecule has 1 amide bonds. The van der Waals surface area contributed by atoms with E-state index in [9.17, 15) is 9.59 Å². The molecule has 0 aliphatic heterocycles. The van der Waals surface area contributed by atoms with Crippen molar-refractivity contribution < 1.29 is 23.6 Å². The number of H-pyrrole nitrogens is 1. The van der Waals surface area contributed by atoms with Gasteiger partial charge in [-0.25, -0.2) is 4.79 Å². The van der Waals surface area contributed by atoms with Crippen LogP contribution >= 0.6 is 0 Å². The number of carbonyl (C=O) groups excluding carboxylic acids is 2. The largest absolute Gasteiger partial charge is 0.485 e. The van der Waals surface area contributed by atoms with Crippen molar-refractivity contribution in [1.82, 2.24) is 20.4 Å². The van der Waals surface area contributed by atoms with Gasteiger partial charge in [-0.3, -0.25) is 4.79 Å². The minimum absolute atomic E-state index is 0.0175. The summed E-state index contributed by atoms with van der Waals surface area (Å²) in [5.41, 5.74) is 2.60. The number of amides is 1. The topological polar surface area (TPSA) is 119 Å². The molecular weight excluding hydrogens is 400 g/mol. The molecule has 0 fully saturated rings. The van der Waals surface area contributed by atoms with Gasteiger partial charge in [-0.1, -0.05) is 23.4 Å². The van der Waals surface area contributed by atoms with Crippen LogP contribution in [0.3, 0.4) is 0 Å². The van der Waals surface area contributed by atoms with Crippen molar-refractivity contribution in [1.29, 1.82) is 0 Å². The molecule has 2 aromatic carbocycles.